The Morgan fingerprint density at radius 2 is 1.85 bits per heavy atom. The topological polar surface area (TPSA) is 71.3 Å². The molecule has 0 N–H and O–H groups in total. The predicted octanol–water partition coefficient (Wildman–Crippen LogP) is 5.30. The first-order valence-electron chi connectivity index (χ1n) is 13.7. The third kappa shape index (κ3) is 4.83. The summed E-state index contributed by atoms with van der Waals surface area (Å²) in [4.78, 5) is 40.1. The Balaban J connectivity index is 1.19. The Morgan fingerprint density at radius 3 is 2.60 bits per heavy atom. The Bertz CT molecular complexity index is 1710. The molecular weight excluding hydrogens is 498 g/mol. The molecule has 6 rings (SSSR count). The third-order valence-corrected chi connectivity index (χ3v) is 8.01. The summed E-state index contributed by atoms with van der Waals surface area (Å²) in [6, 6.07) is 16.2. The van der Waals surface area contributed by atoms with Crippen molar-refractivity contribution >= 4 is 28.1 Å². The van der Waals surface area contributed by atoms with E-state index in [1.165, 1.54) is 11.1 Å². The average Bonchev–Trinajstić information content (AvgIpc) is 3.84. The SMILES string of the molecule is C=CCn1cc(C(=O)N(C)C2CCN(c3cc(-c4cccc(C5=C[CH]5)c4)ncn3)CC2)c2cccc(C)c2c1=O. The Labute approximate surface area is 234 Å². The molecule has 2 aromatic carbocycles. The molecule has 1 aliphatic heterocycles. The van der Waals surface area contributed by atoms with Crippen molar-refractivity contribution in [2.45, 2.75) is 32.4 Å². The van der Waals surface area contributed by atoms with Crippen LogP contribution in [0.3, 0.4) is 0 Å². The van der Waals surface area contributed by atoms with E-state index >= 15 is 0 Å². The molecule has 0 saturated carbocycles. The molecule has 1 amide bonds. The van der Waals surface area contributed by atoms with Gasteiger partial charge in [-0.05, 0) is 42.5 Å². The van der Waals surface area contributed by atoms with Gasteiger partial charge < -0.3 is 14.4 Å². The molecule has 1 radical (unpaired) electrons. The molecule has 7 nitrogen and oxygen atoms in total. The van der Waals surface area contributed by atoms with Crippen LogP contribution in [-0.4, -0.2) is 51.5 Å². The average molecular weight is 531 g/mol. The quantitative estimate of drug-likeness (QED) is 0.304. The van der Waals surface area contributed by atoms with Crippen LogP contribution in [0.4, 0.5) is 5.82 Å². The minimum Gasteiger partial charge on any atom is -0.356 e. The first kappa shape index (κ1) is 25.7. The third-order valence-electron chi connectivity index (χ3n) is 8.01. The van der Waals surface area contributed by atoms with Crippen molar-refractivity contribution in [2.75, 3.05) is 25.0 Å². The number of piperidine rings is 1. The zero-order valence-corrected chi connectivity index (χ0v) is 22.9. The predicted molar refractivity (Wildman–Crippen MR) is 160 cm³/mol. The van der Waals surface area contributed by atoms with E-state index in [-0.39, 0.29) is 17.5 Å². The van der Waals surface area contributed by atoms with Crippen molar-refractivity contribution in [1.29, 1.82) is 0 Å². The molecule has 201 valence electrons. The first-order chi connectivity index (χ1) is 19.4. The molecule has 2 aromatic heterocycles. The van der Waals surface area contributed by atoms with Gasteiger partial charge in [-0.2, -0.15) is 0 Å². The van der Waals surface area contributed by atoms with Crippen molar-refractivity contribution in [3.05, 3.63) is 113 Å². The number of anilines is 1. The lowest BCUT2D eigenvalue weighted by molar-refractivity contribution is 0.0710. The van der Waals surface area contributed by atoms with Gasteiger partial charge >= 0.3 is 0 Å². The number of allylic oxidation sites excluding steroid dienone is 3. The summed E-state index contributed by atoms with van der Waals surface area (Å²) in [5.74, 6) is 0.831. The molecule has 0 bridgehead atoms. The second-order valence-electron chi connectivity index (χ2n) is 10.6. The standard InChI is InChI=1S/C33H32N5O2/c1-4-15-38-20-28(27-10-5-7-22(2)31(27)33(38)40)32(39)36(3)26-13-16-37(17-14-26)30-19-29(34-21-35-30)25-9-6-8-24(18-25)23-11-12-23/h4-12,18-21,26H,1,13-17H2,2-3H3. The zero-order chi connectivity index (χ0) is 27.8. The Kier molecular flexibility index (Phi) is 6.80. The lowest BCUT2D eigenvalue weighted by Gasteiger charge is -2.37. The van der Waals surface area contributed by atoms with Crippen LogP contribution in [0.15, 0.2) is 84.6 Å². The van der Waals surface area contributed by atoms with Crippen LogP contribution in [0.5, 0.6) is 0 Å². The van der Waals surface area contributed by atoms with Gasteiger partial charge in [0.2, 0.25) is 0 Å². The highest BCUT2D eigenvalue weighted by Crippen LogP contribution is 2.32. The second-order valence-corrected chi connectivity index (χ2v) is 10.6. The number of carbonyl (C=O) groups is 1. The molecular formula is C33H32N5O2. The van der Waals surface area contributed by atoms with Crippen LogP contribution in [0.1, 0.15) is 34.3 Å². The maximum Gasteiger partial charge on any atom is 0.259 e. The van der Waals surface area contributed by atoms with Crippen LogP contribution >= 0.6 is 0 Å². The summed E-state index contributed by atoms with van der Waals surface area (Å²) in [5.41, 5.74) is 5.76. The van der Waals surface area contributed by atoms with Crippen LogP contribution in [0, 0.1) is 13.3 Å². The summed E-state index contributed by atoms with van der Waals surface area (Å²) >= 11 is 0. The van der Waals surface area contributed by atoms with E-state index in [1.807, 2.05) is 37.1 Å². The van der Waals surface area contributed by atoms with Gasteiger partial charge in [-0.25, -0.2) is 9.97 Å². The number of amides is 1. The summed E-state index contributed by atoms with van der Waals surface area (Å²) in [6.45, 7) is 7.62. The number of pyridine rings is 1. The molecule has 2 aliphatic rings. The molecule has 40 heavy (non-hydrogen) atoms. The highest BCUT2D eigenvalue weighted by atomic mass is 16.2. The minimum atomic E-state index is -0.0978. The van der Waals surface area contributed by atoms with Crippen molar-refractivity contribution in [3.63, 3.8) is 0 Å². The maximum atomic E-state index is 13.8. The zero-order valence-electron chi connectivity index (χ0n) is 22.9. The lowest BCUT2D eigenvalue weighted by Crippen LogP contribution is -2.46. The largest absolute Gasteiger partial charge is 0.356 e. The van der Waals surface area contributed by atoms with Gasteiger partial charge in [-0.15, -0.1) is 6.58 Å². The number of rotatable bonds is 7. The number of carbonyl (C=O) groups excluding carboxylic acids is 1. The van der Waals surface area contributed by atoms with E-state index in [2.05, 4.69) is 64.3 Å². The van der Waals surface area contributed by atoms with Gasteiger partial charge in [0.25, 0.3) is 11.5 Å². The van der Waals surface area contributed by atoms with Gasteiger partial charge in [0.1, 0.15) is 12.1 Å². The van der Waals surface area contributed by atoms with Crippen molar-refractivity contribution < 1.29 is 4.79 Å². The minimum absolute atomic E-state index is 0.0703. The summed E-state index contributed by atoms with van der Waals surface area (Å²) < 4.78 is 1.58. The summed E-state index contributed by atoms with van der Waals surface area (Å²) in [6.07, 6.45) is 10.9. The van der Waals surface area contributed by atoms with Crippen molar-refractivity contribution in [2.24, 2.45) is 0 Å². The second kappa shape index (κ2) is 10.6. The summed E-state index contributed by atoms with van der Waals surface area (Å²) in [7, 11) is 1.87. The van der Waals surface area contributed by atoms with Gasteiger partial charge in [0.05, 0.1) is 16.6 Å². The molecule has 0 unspecified atom stereocenters. The molecule has 1 aliphatic carbocycles. The van der Waals surface area contributed by atoms with Crippen LogP contribution in [-0.2, 0) is 6.54 Å². The van der Waals surface area contributed by atoms with E-state index in [9.17, 15) is 9.59 Å². The summed E-state index contributed by atoms with van der Waals surface area (Å²) in [5, 5.41) is 1.29. The molecule has 1 fully saturated rings. The van der Waals surface area contributed by atoms with E-state index in [0.29, 0.717) is 22.9 Å². The number of hydrogen-bond donors (Lipinski definition) is 0. The molecule has 4 aromatic rings. The molecule has 3 heterocycles. The molecule has 7 heteroatoms. The van der Waals surface area contributed by atoms with Crippen molar-refractivity contribution in [1.82, 2.24) is 19.4 Å². The van der Waals surface area contributed by atoms with Gasteiger partial charge in [-0.3, -0.25) is 9.59 Å². The molecule has 0 atom stereocenters. The number of benzene rings is 2. The normalized spacial score (nSPS) is 15.2. The first-order valence-corrected chi connectivity index (χ1v) is 13.7. The van der Waals surface area contributed by atoms with E-state index in [1.54, 1.807) is 23.2 Å². The monoisotopic (exact) mass is 530 g/mol. The fourth-order valence-electron chi connectivity index (χ4n) is 5.66. The van der Waals surface area contributed by atoms with Crippen molar-refractivity contribution in [3.8, 4) is 11.3 Å². The van der Waals surface area contributed by atoms with E-state index < -0.39 is 0 Å². The van der Waals surface area contributed by atoms with E-state index in [0.717, 1.165) is 48.6 Å². The highest BCUT2D eigenvalue weighted by molar-refractivity contribution is 6.07. The molecule has 1 saturated heterocycles. The maximum absolute atomic E-state index is 13.8. The smallest absolute Gasteiger partial charge is 0.259 e. The fraction of sp³-hybridized carbons (Fsp3) is 0.242. The highest BCUT2D eigenvalue weighted by Gasteiger charge is 2.28. The molecule has 0 spiro atoms. The van der Waals surface area contributed by atoms with Crippen LogP contribution in [0.2, 0.25) is 0 Å². The van der Waals surface area contributed by atoms with Gasteiger partial charge in [0.15, 0.2) is 0 Å². The van der Waals surface area contributed by atoms with Crippen LogP contribution in [0.25, 0.3) is 27.6 Å². The number of nitrogens with zero attached hydrogens (tertiary/aromatic N) is 5. The number of fused-ring (bicyclic) bond motifs is 1. The lowest BCUT2D eigenvalue weighted by atomic mass is 9.99. The Hall–Kier alpha value is -4.52. The number of aryl methyl sites for hydroxylation is 1. The van der Waals surface area contributed by atoms with Crippen LogP contribution < -0.4 is 10.5 Å². The van der Waals surface area contributed by atoms with Gasteiger partial charge in [-0.1, -0.05) is 48.6 Å². The van der Waals surface area contributed by atoms with Gasteiger partial charge in [0, 0.05) is 62.4 Å². The number of aromatic nitrogens is 3. The number of hydrogen-bond acceptors (Lipinski definition) is 5. The van der Waals surface area contributed by atoms with E-state index in [4.69, 9.17) is 0 Å². The Morgan fingerprint density at radius 1 is 1.10 bits per heavy atom. The fourth-order valence-corrected chi connectivity index (χ4v) is 5.66.